The number of aliphatic carboxylic acids is 1. The molecule has 2 unspecified atom stereocenters. The molecule has 3 nitrogen and oxygen atoms in total. The standard InChI is InChI=1S/C15H16F4O3/c1-7-12(16)4-3-9(13(7)22-2)10-5-8(15(17,18)19)6-11(10)14(20)21/h3-4,8,10-11H,5-6H2,1-2H3,(H,20,21)/t8?,10-,11?/m0/s1. The van der Waals surface area contributed by atoms with Crippen molar-refractivity contribution >= 4 is 5.97 Å². The Morgan fingerprint density at radius 3 is 2.45 bits per heavy atom. The van der Waals surface area contributed by atoms with E-state index in [0.29, 0.717) is 5.56 Å². The molecule has 1 saturated carbocycles. The average Bonchev–Trinajstić information content (AvgIpc) is 2.86. The molecule has 1 N–H and O–H groups in total. The van der Waals surface area contributed by atoms with Gasteiger partial charge in [-0.25, -0.2) is 4.39 Å². The van der Waals surface area contributed by atoms with Crippen molar-refractivity contribution in [1.82, 2.24) is 0 Å². The van der Waals surface area contributed by atoms with Crippen LogP contribution in [0.25, 0.3) is 0 Å². The molecule has 0 spiro atoms. The van der Waals surface area contributed by atoms with Crippen LogP contribution in [0.3, 0.4) is 0 Å². The number of rotatable bonds is 3. The Morgan fingerprint density at radius 2 is 1.95 bits per heavy atom. The van der Waals surface area contributed by atoms with Crippen LogP contribution in [-0.2, 0) is 4.79 Å². The summed E-state index contributed by atoms with van der Waals surface area (Å²) in [4.78, 5) is 11.3. The third kappa shape index (κ3) is 2.89. The minimum Gasteiger partial charge on any atom is -0.496 e. The number of benzene rings is 1. The monoisotopic (exact) mass is 320 g/mol. The predicted octanol–water partition coefficient (Wildman–Crippen LogP) is 3.90. The van der Waals surface area contributed by atoms with Gasteiger partial charge in [-0.1, -0.05) is 6.07 Å². The van der Waals surface area contributed by atoms with E-state index in [1.54, 1.807) is 0 Å². The van der Waals surface area contributed by atoms with Gasteiger partial charge in [0, 0.05) is 11.5 Å². The summed E-state index contributed by atoms with van der Waals surface area (Å²) in [5.41, 5.74) is 0.486. The molecule has 1 aliphatic rings. The number of methoxy groups -OCH3 is 1. The first-order valence-corrected chi connectivity index (χ1v) is 6.79. The zero-order chi connectivity index (χ0) is 16.7. The van der Waals surface area contributed by atoms with Crippen molar-refractivity contribution in [2.75, 3.05) is 7.11 Å². The SMILES string of the molecule is COc1c([C@@H]2CC(C(F)(F)F)CC2C(=O)O)ccc(F)c1C. The molecule has 0 heterocycles. The highest BCUT2D eigenvalue weighted by Crippen LogP contribution is 2.51. The summed E-state index contributed by atoms with van der Waals surface area (Å²) in [5, 5.41) is 9.23. The smallest absolute Gasteiger partial charge is 0.391 e. The number of ether oxygens (including phenoxy) is 1. The van der Waals surface area contributed by atoms with Crippen LogP contribution in [-0.4, -0.2) is 24.4 Å². The summed E-state index contributed by atoms with van der Waals surface area (Å²) in [7, 11) is 1.29. The van der Waals surface area contributed by atoms with Gasteiger partial charge in [0.1, 0.15) is 11.6 Å². The van der Waals surface area contributed by atoms with E-state index in [2.05, 4.69) is 0 Å². The number of hydrogen-bond donors (Lipinski definition) is 1. The summed E-state index contributed by atoms with van der Waals surface area (Å²) in [6.45, 7) is 1.45. The maximum atomic E-state index is 13.6. The Bertz CT molecular complexity index is 583. The molecule has 0 bridgehead atoms. The van der Waals surface area contributed by atoms with E-state index in [1.165, 1.54) is 20.1 Å². The fourth-order valence-corrected chi connectivity index (χ4v) is 3.17. The van der Waals surface area contributed by atoms with Crippen molar-refractivity contribution in [2.45, 2.75) is 31.9 Å². The minimum absolute atomic E-state index is 0.124. The van der Waals surface area contributed by atoms with Gasteiger partial charge in [-0.3, -0.25) is 4.79 Å². The highest BCUT2D eigenvalue weighted by atomic mass is 19.4. The first-order valence-electron chi connectivity index (χ1n) is 6.79. The van der Waals surface area contributed by atoms with Crippen molar-refractivity contribution in [3.8, 4) is 5.75 Å². The zero-order valence-corrected chi connectivity index (χ0v) is 12.1. The molecule has 2 rings (SSSR count). The van der Waals surface area contributed by atoms with Gasteiger partial charge >= 0.3 is 12.1 Å². The number of alkyl halides is 3. The maximum absolute atomic E-state index is 13.6. The molecule has 1 aromatic carbocycles. The second-order valence-electron chi connectivity index (χ2n) is 5.56. The van der Waals surface area contributed by atoms with Crippen molar-refractivity contribution < 1.29 is 32.2 Å². The van der Waals surface area contributed by atoms with Crippen LogP contribution in [0, 0.1) is 24.6 Å². The second kappa shape index (κ2) is 5.78. The fourth-order valence-electron chi connectivity index (χ4n) is 3.17. The Morgan fingerprint density at radius 1 is 1.32 bits per heavy atom. The van der Waals surface area contributed by atoms with Crippen LogP contribution in [0.4, 0.5) is 17.6 Å². The minimum atomic E-state index is -4.44. The molecule has 0 saturated heterocycles. The number of carboxylic acids is 1. The van der Waals surface area contributed by atoms with Gasteiger partial charge in [-0.2, -0.15) is 13.2 Å². The third-order valence-corrected chi connectivity index (χ3v) is 4.32. The maximum Gasteiger partial charge on any atom is 0.391 e. The molecule has 0 radical (unpaired) electrons. The molecule has 1 aromatic rings. The van der Waals surface area contributed by atoms with Crippen LogP contribution in [0.5, 0.6) is 5.75 Å². The van der Waals surface area contributed by atoms with Crippen molar-refractivity contribution in [1.29, 1.82) is 0 Å². The first-order chi connectivity index (χ1) is 10.2. The number of carboxylic acid groups (broad SMARTS) is 1. The van der Waals surface area contributed by atoms with Gasteiger partial charge in [-0.15, -0.1) is 0 Å². The molecule has 0 aromatic heterocycles. The van der Waals surface area contributed by atoms with E-state index < -0.39 is 42.1 Å². The van der Waals surface area contributed by atoms with Gasteiger partial charge in [0.15, 0.2) is 0 Å². The Balaban J connectivity index is 2.46. The Hall–Kier alpha value is -1.79. The van der Waals surface area contributed by atoms with Gasteiger partial charge in [-0.05, 0) is 31.4 Å². The van der Waals surface area contributed by atoms with Crippen molar-refractivity contribution in [3.05, 3.63) is 29.1 Å². The Labute approximate surface area is 124 Å². The molecule has 7 heteroatoms. The normalized spacial score (nSPS) is 25.3. The molecular formula is C15H16F4O3. The van der Waals surface area contributed by atoms with E-state index in [4.69, 9.17) is 4.74 Å². The quantitative estimate of drug-likeness (QED) is 0.859. The molecule has 3 atom stereocenters. The summed E-state index contributed by atoms with van der Waals surface area (Å²) >= 11 is 0. The lowest BCUT2D eigenvalue weighted by molar-refractivity contribution is -0.174. The lowest BCUT2D eigenvalue weighted by Gasteiger charge is -2.20. The number of hydrogen-bond acceptors (Lipinski definition) is 2. The van der Waals surface area contributed by atoms with E-state index in [0.717, 1.165) is 6.07 Å². The predicted molar refractivity (Wildman–Crippen MR) is 70.3 cm³/mol. The lowest BCUT2D eigenvalue weighted by Crippen LogP contribution is -2.21. The van der Waals surface area contributed by atoms with E-state index in [-0.39, 0.29) is 17.7 Å². The lowest BCUT2D eigenvalue weighted by atomic mass is 9.87. The molecule has 0 aliphatic heterocycles. The number of halogens is 4. The zero-order valence-electron chi connectivity index (χ0n) is 12.1. The van der Waals surface area contributed by atoms with Crippen LogP contribution in [0.15, 0.2) is 12.1 Å². The largest absolute Gasteiger partial charge is 0.496 e. The number of carbonyl (C=O) groups is 1. The van der Waals surface area contributed by atoms with E-state index >= 15 is 0 Å². The molecule has 1 fully saturated rings. The van der Waals surface area contributed by atoms with Crippen LogP contribution in [0.2, 0.25) is 0 Å². The average molecular weight is 320 g/mol. The summed E-state index contributed by atoms with van der Waals surface area (Å²) < 4.78 is 57.5. The topological polar surface area (TPSA) is 46.5 Å². The molecule has 22 heavy (non-hydrogen) atoms. The fraction of sp³-hybridized carbons (Fsp3) is 0.533. The highest BCUT2D eigenvalue weighted by Gasteiger charge is 2.51. The molecular weight excluding hydrogens is 304 g/mol. The van der Waals surface area contributed by atoms with Gasteiger partial charge in [0.2, 0.25) is 0 Å². The van der Waals surface area contributed by atoms with Crippen molar-refractivity contribution in [2.24, 2.45) is 11.8 Å². The third-order valence-electron chi connectivity index (χ3n) is 4.32. The van der Waals surface area contributed by atoms with Crippen LogP contribution >= 0.6 is 0 Å². The van der Waals surface area contributed by atoms with E-state index in [1.807, 2.05) is 0 Å². The van der Waals surface area contributed by atoms with Crippen LogP contribution in [0.1, 0.15) is 29.9 Å². The second-order valence-corrected chi connectivity index (χ2v) is 5.56. The van der Waals surface area contributed by atoms with Gasteiger partial charge in [0.05, 0.1) is 18.9 Å². The molecule has 0 amide bonds. The summed E-state index contributed by atoms with van der Waals surface area (Å²) in [6.07, 6.45) is -5.24. The van der Waals surface area contributed by atoms with Gasteiger partial charge < -0.3 is 9.84 Å². The summed E-state index contributed by atoms with van der Waals surface area (Å²) in [5.74, 6) is -5.38. The first kappa shape index (κ1) is 16.6. The van der Waals surface area contributed by atoms with E-state index in [9.17, 15) is 27.5 Å². The summed E-state index contributed by atoms with van der Waals surface area (Å²) in [6, 6.07) is 2.45. The molecule has 122 valence electrons. The van der Waals surface area contributed by atoms with Gasteiger partial charge in [0.25, 0.3) is 0 Å². The van der Waals surface area contributed by atoms with Crippen LogP contribution < -0.4 is 4.74 Å². The van der Waals surface area contributed by atoms with Crippen molar-refractivity contribution in [3.63, 3.8) is 0 Å². The Kier molecular flexibility index (Phi) is 4.35. The highest BCUT2D eigenvalue weighted by molar-refractivity contribution is 5.72. The molecule has 1 aliphatic carbocycles.